The molecule has 3 aromatic rings. The highest BCUT2D eigenvalue weighted by Gasteiger charge is 2.45. The van der Waals surface area contributed by atoms with Crippen LogP contribution in [0, 0.1) is 5.41 Å². The van der Waals surface area contributed by atoms with Gasteiger partial charge in [0.2, 0.25) is 17.7 Å². The number of rotatable bonds is 11. The Balaban J connectivity index is 1.36. The van der Waals surface area contributed by atoms with Crippen molar-refractivity contribution in [1.82, 2.24) is 30.5 Å². The van der Waals surface area contributed by atoms with E-state index in [2.05, 4.69) is 31.6 Å². The molecule has 9 nitrogen and oxygen atoms in total. The van der Waals surface area contributed by atoms with Crippen LogP contribution >= 0.6 is 0 Å². The van der Waals surface area contributed by atoms with Crippen LogP contribution in [0.4, 0.5) is 0 Å². The van der Waals surface area contributed by atoms with Gasteiger partial charge in [-0.15, -0.1) is 0 Å². The summed E-state index contributed by atoms with van der Waals surface area (Å²) >= 11 is 0. The molecule has 3 aliphatic heterocycles. The van der Waals surface area contributed by atoms with Crippen LogP contribution in [0.25, 0.3) is 22.2 Å². The third kappa shape index (κ3) is 5.53. The fourth-order valence-electron chi connectivity index (χ4n) is 5.79. The summed E-state index contributed by atoms with van der Waals surface area (Å²) in [6.07, 6.45) is 8.45. The number of unbranched alkanes of at least 4 members (excludes halogenated alkanes) is 2. The van der Waals surface area contributed by atoms with Gasteiger partial charge in [0.05, 0.1) is 41.5 Å². The first-order valence-corrected chi connectivity index (χ1v) is 13.7. The third-order valence-corrected chi connectivity index (χ3v) is 8.28. The van der Waals surface area contributed by atoms with Gasteiger partial charge in [-0.2, -0.15) is 0 Å². The predicted octanol–water partition coefficient (Wildman–Crippen LogP) is 3.97. The molecule has 5 heterocycles. The van der Waals surface area contributed by atoms with Crippen molar-refractivity contribution in [2.45, 2.75) is 57.4 Å². The Morgan fingerprint density at radius 3 is 2.63 bits per heavy atom. The van der Waals surface area contributed by atoms with E-state index in [0.29, 0.717) is 12.3 Å². The number of nitrogens with zero attached hydrogens (tertiary/aromatic N) is 3. The number of hydrogen-bond acceptors (Lipinski definition) is 6. The second-order valence-electron chi connectivity index (χ2n) is 10.6. The Labute approximate surface area is 223 Å². The van der Waals surface area contributed by atoms with E-state index in [1.165, 1.54) is 0 Å². The van der Waals surface area contributed by atoms with Crippen LogP contribution in [-0.2, 0) is 9.59 Å². The fraction of sp³-hybridized carbons (Fsp3) is 0.517. The lowest BCUT2D eigenvalue weighted by molar-refractivity contribution is -0.139. The molecule has 38 heavy (non-hydrogen) atoms. The number of carbonyl (C=O) groups excluding carboxylic acids is 2. The second-order valence-corrected chi connectivity index (χ2v) is 10.6. The van der Waals surface area contributed by atoms with E-state index >= 15 is 0 Å². The number of amides is 2. The number of piperidine rings is 3. The first-order valence-electron chi connectivity index (χ1n) is 13.7. The monoisotopic (exact) mass is 518 g/mol. The van der Waals surface area contributed by atoms with Crippen LogP contribution in [0.15, 0.2) is 36.5 Å². The molecule has 1 aromatic carbocycles. The summed E-state index contributed by atoms with van der Waals surface area (Å²) < 4.78 is 5.61. The van der Waals surface area contributed by atoms with Crippen LogP contribution < -0.4 is 15.4 Å². The van der Waals surface area contributed by atoms with E-state index in [1.807, 2.05) is 24.3 Å². The average Bonchev–Trinajstić information content (AvgIpc) is 3.46. The Kier molecular flexibility index (Phi) is 7.93. The van der Waals surface area contributed by atoms with Crippen molar-refractivity contribution in [1.29, 1.82) is 0 Å². The van der Waals surface area contributed by atoms with Gasteiger partial charge < -0.3 is 25.3 Å². The summed E-state index contributed by atoms with van der Waals surface area (Å²) in [5.74, 6) is 1.47. The Bertz CT molecular complexity index is 1270. The molecule has 0 saturated carbocycles. The zero-order valence-electron chi connectivity index (χ0n) is 22.4. The van der Waals surface area contributed by atoms with Gasteiger partial charge in [0.15, 0.2) is 0 Å². The minimum absolute atomic E-state index is 0.0613. The van der Waals surface area contributed by atoms with E-state index in [9.17, 15) is 9.59 Å². The standard InChI is InChI=1S/C29H38N6O3/c1-30-25(36)11-5-3-4-10-23(34-28(37)29-12-15-35(16-13-29)17-14-29)26-31-19-24(32-26)21-18-20-8-6-7-9-22(20)33-27(21)38-2/h6-9,18-19,23H,3-5,10-17H2,1-2H3,(H,30,36)(H,31,32)(H,34,37). The number of aromatic amines is 1. The number of aromatic nitrogens is 3. The maximum Gasteiger partial charge on any atom is 0.226 e. The number of carbonyl (C=O) groups is 2. The summed E-state index contributed by atoms with van der Waals surface area (Å²) in [7, 11) is 3.28. The maximum absolute atomic E-state index is 13.6. The van der Waals surface area contributed by atoms with Gasteiger partial charge in [0.1, 0.15) is 5.82 Å². The molecule has 2 bridgehead atoms. The number of pyridine rings is 1. The zero-order chi connectivity index (χ0) is 26.5. The van der Waals surface area contributed by atoms with E-state index in [-0.39, 0.29) is 23.3 Å². The number of ether oxygens (including phenoxy) is 1. The molecule has 202 valence electrons. The summed E-state index contributed by atoms with van der Waals surface area (Å²) in [6, 6.07) is 9.76. The largest absolute Gasteiger partial charge is 0.480 e. The van der Waals surface area contributed by atoms with Crippen molar-refractivity contribution in [2.75, 3.05) is 33.8 Å². The van der Waals surface area contributed by atoms with E-state index in [1.54, 1.807) is 20.4 Å². The highest BCUT2D eigenvalue weighted by Crippen LogP contribution is 2.41. The van der Waals surface area contributed by atoms with Crippen molar-refractivity contribution in [3.63, 3.8) is 0 Å². The highest BCUT2D eigenvalue weighted by molar-refractivity contribution is 5.85. The summed E-state index contributed by atoms with van der Waals surface area (Å²) in [5, 5.41) is 7.07. The molecule has 6 rings (SSSR count). The summed E-state index contributed by atoms with van der Waals surface area (Å²) in [6.45, 7) is 2.99. The number of nitrogens with one attached hydrogen (secondary N) is 3. The van der Waals surface area contributed by atoms with Crippen LogP contribution in [0.1, 0.15) is 63.2 Å². The molecule has 0 radical (unpaired) electrons. The maximum atomic E-state index is 13.6. The number of imidazole rings is 1. The van der Waals surface area contributed by atoms with Gasteiger partial charge >= 0.3 is 0 Å². The van der Waals surface area contributed by atoms with Gasteiger partial charge in [-0.1, -0.05) is 31.0 Å². The van der Waals surface area contributed by atoms with Crippen molar-refractivity contribution >= 4 is 22.7 Å². The summed E-state index contributed by atoms with van der Waals surface area (Å²) in [5.41, 5.74) is 2.23. The predicted molar refractivity (Wildman–Crippen MR) is 147 cm³/mol. The Morgan fingerprint density at radius 2 is 1.89 bits per heavy atom. The van der Waals surface area contributed by atoms with Crippen molar-refractivity contribution in [3.05, 3.63) is 42.4 Å². The number of hydrogen-bond donors (Lipinski definition) is 3. The molecule has 1 atom stereocenters. The topological polar surface area (TPSA) is 112 Å². The molecular formula is C29H38N6O3. The molecule has 3 saturated heterocycles. The summed E-state index contributed by atoms with van der Waals surface area (Å²) in [4.78, 5) is 40.5. The van der Waals surface area contributed by atoms with Crippen LogP contribution in [0.3, 0.4) is 0 Å². The molecule has 2 aromatic heterocycles. The number of H-pyrrole nitrogens is 1. The lowest BCUT2D eigenvalue weighted by Crippen LogP contribution is -2.55. The van der Waals surface area contributed by atoms with E-state index < -0.39 is 0 Å². The van der Waals surface area contributed by atoms with Crippen molar-refractivity contribution in [3.8, 4) is 17.1 Å². The van der Waals surface area contributed by atoms with Gasteiger partial charge in [-0.25, -0.2) is 9.97 Å². The Hall–Kier alpha value is -3.46. The van der Waals surface area contributed by atoms with Crippen LogP contribution in [0.2, 0.25) is 0 Å². The normalized spacial score (nSPS) is 21.3. The molecule has 3 N–H and O–H groups in total. The first-order chi connectivity index (χ1) is 18.5. The lowest BCUT2D eigenvalue weighted by atomic mass is 9.71. The molecule has 3 aliphatic rings. The number of methoxy groups -OCH3 is 1. The van der Waals surface area contributed by atoms with Gasteiger partial charge in [-0.05, 0) is 63.9 Å². The number of para-hydroxylation sites is 1. The van der Waals surface area contributed by atoms with E-state index in [0.717, 1.165) is 92.6 Å². The lowest BCUT2D eigenvalue weighted by Gasteiger charge is -2.47. The Morgan fingerprint density at radius 1 is 1.13 bits per heavy atom. The molecular weight excluding hydrogens is 480 g/mol. The smallest absolute Gasteiger partial charge is 0.226 e. The fourth-order valence-corrected chi connectivity index (χ4v) is 5.79. The van der Waals surface area contributed by atoms with Gasteiger partial charge in [0.25, 0.3) is 0 Å². The average molecular weight is 519 g/mol. The molecule has 2 amide bonds. The minimum Gasteiger partial charge on any atom is -0.480 e. The molecule has 0 spiro atoms. The SMILES string of the molecule is CNC(=O)CCCCCC(NC(=O)C12CCN(CC1)CC2)c1ncc(-c2cc3ccccc3nc2OC)[nH]1. The molecule has 1 unspecified atom stereocenters. The highest BCUT2D eigenvalue weighted by atomic mass is 16.5. The molecule has 9 heteroatoms. The van der Waals surface area contributed by atoms with Crippen molar-refractivity contribution in [2.24, 2.45) is 5.41 Å². The second kappa shape index (κ2) is 11.5. The quantitative estimate of drug-likeness (QED) is 0.331. The molecule has 3 fully saturated rings. The minimum atomic E-state index is -0.271. The van der Waals surface area contributed by atoms with Crippen molar-refractivity contribution < 1.29 is 14.3 Å². The molecule has 0 aliphatic carbocycles. The third-order valence-electron chi connectivity index (χ3n) is 8.28. The van der Waals surface area contributed by atoms with Crippen LogP contribution in [0.5, 0.6) is 5.88 Å². The van der Waals surface area contributed by atoms with Gasteiger partial charge in [0, 0.05) is 18.9 Å². The van der Waals surface area contributed by atoms with Crippen LogP contribution in [-0.4, -0.2) is 65.5 Å². The zero-order valence-corrected chi connectivity index (χ0v) is 22.4. The first kappa shape index (κ1) is 26.2. The number of fused-ring (bicyclic) bond motifs is 4. The van der Waals surface area contributed by atoms with Gasteiger partial charge in [-0.3, -0.25) is 9.59 Å². The van der Waals surface area contributed by atoms with E-state index in [4.69, 9.17) is 9.72 Å². The number of benzene rings is 1.